The number of nitrogens with zero attached hydrogens (tertiary/aromatic N) is 1. The van der Waals surface area contributed by atoms with Crippen LogP contribution in [0.2, 0.25) is 0 Å². The first kappa shape index (κ1) is 20.4. The molecule has 29 heavy (non-hydrogen) atoms. The Kier molecular flexibility index (Phi) is 5.88. The second-order valence-corrected chi connectivity index (χ2v) is 6.07. The number of hydrogen-bond acceptors (Lipinski definition) is 5. The van der Waals surface area contributed by atoms with Crippen LogP contribution in [0.5, 0.6) is 5.75 Å². The van der Waals surface area contributed by atoms with Crippen LogP contribution in [-0.2, 0) is 14.3 Å². The van der Waals surface area contributed by atoms with Gasteiger partial charge in [0.2, 0.25) is 0 Å². The number of anilines is 1. The number of hydrogen-bond donors (Lipinski definition) is 1. The van der Waals surface area contributed by atoms with Gasteiger partial charge in [0.15, 0.2) is 0 Å². The van der Waals surface area contributed by atoms with Crippen LogP contribution in [-0.4, -0.2) is 43.3 Å². The van der Waals surface area contributed by atoms with Crippen LogP contribution >= 0.6 is 0 Å². The van der Waals surface area contributed by atoms with E-state index in [1.165, 1.54) is 19.2 Å². The molecule has 1 aliphatic heterocycles. The molecule has 0 unspecified atom stereocenters. The summed E-state index contributed by atoms with van der Waals surface area (Å²) in [5, 5.41) is 2.86. The fraction of sp³-hybridized carbons (Fsp3) is 0.200. The third kappa shape index (κ3) is 4.75. The Balaban J connectivity index is 1.91. The molecule has 2 aromatic rings. The lowest BCUT2D eigenvalue weighted by Gasteiger charge is -2.14. The number of rotatable bonds is 7. The lowest BCUT2D eigenvalue weighted by Crippen LogP contribution is -2.35. The van der Waals surface area contributed by atoms with Crippen LogP contribution in [0.15, 0.2) is 60.3 Å². The predicted octanol–water partition coefficient (Wildman–Crippen LogP) is 3.42. The minimum atomic E-state index is -4.80. The van der Waals surface area contributed by atoms with Crippen molar-refractivity contribution >= 4 is 23.1 Å². The highest BCUT2D eigenvalue weighted by atomic mass is 19.4. The van der Waals surface area contributed by atoms with Crippen molar-refractivity contribution in [3.63, 3.8) is 0 Å². The van der Waals surface area contributed by atoms with Gasteiger partial charge in [-0.05, 0) is 29.8 Å². The standard InChI is InChI=1S/C20H17F3N2O4/c1-28-12-11-25-18(26)16(13-5-3-2-4-6-13)17(19(25)27)24-14-7-9-15(10-8-14)29-20(21,22)23/h2-10,24H,11-12H2,1H3. The summed E-state index contributed by atoms with van der Waals surface area (Å²) in [4.78, 5) is 26.7. The Bertz CT molecular complexity index is 925. The molecule has 0 aliphatic carbocycles. The molecule has 0 saturated carbocycles. The number of imide groups is 1. The topological polar surface area (TPSA) is 67.9 Å². The van der Waals surface area contributed by atoms with E-state index in [1.54, 1.807) is 30.3 Å². The third-order valence-electron chi connectivity index (χ3n) is 4.11. The zero-order valence-electron chi connectivity index (χ0n) is 15.3. The highest BCUT2D eigenvalue weighted by molar-refractivity contribution is 6.36. The molecule has 152 valence electrons. The van der Waals surface area contributed by atoms with E-state index in [4.69, 9.17) is 4.74 Å². The van der Waals surface area contributed by atoms with Gasteiger partial charge in [-0.2, -0.15) is 0 Å². The van der Waals surface area contributed by atoms with Gasteiger partial charge >= 0.3 is 6.36 Å². The molecule has 2 aromatic carbocycles. The Morgan fingerprint density at radius 3 is 2.21 bits per heavy atom. The van der Waals surface area contributed by atoms with E-state index in [2.05, 4.69) is 10.1 Å². The second-order valence-electron chi connectivity index (χ2n) is 6.07. The van der Waals surface area contributed by atoms with Gasteiger partial charge in [0.1, 0.15) is 11.4 Å². The van der Waals surface area contributed by atoms with E-state index in [-0.39, 0.29) is 24.4 Å². The van der Waals surface area contributed by atoms with Crippen LogP contribution in [0, 0.1) is 0 Å². The number of carbonyl (C=O) groups is 2. The maximum absolute atomic E-state index is 12.8. The summed E-state index contributed by atoms with van der Waals surface area (Å²) in [7, 11) is 1.46. The van der Waals surface area contributed by atoms with Crippen LogP contribution in [0.25, 0.3) is 5.57 Å². The van der Waals surface area contributed by atoms with E-state index in [0.717, 1.165) is 17.0 Å². The van der Waals surface area contributed by atoms with Crippen LogP contribution in [0.4, 0.5) is 18.9 Å². The molecule has 1 N–H and O–H groups in total. The average molecular weight is 406 g/mol. The van der Waals surface area contributed by atoms with Crippen molar-refractivity contribution in [1.29, 1.82) is 0 Å². The molecule has 0 spiro atoms. The Morgan fingerprint density at radius 2 is 1.62 bits per heavy atom. The number of carbonyl (C=O) groups excluding carboxylic acids is 2. The zero-order chi connectivity index (χ0) is 21.0. The monoisotopic (exact) mass is 406 g/mol. The van der Waals surface area contributed by atoms with Crippen LogP contribution in [0.1, 0.15) is 5.56 Å². The Labute approximate surface area is 164 Å². The van der Waals surface area contributed by atoms with Gasteiger partial charge in [-0.25, -0.2) is 0 Å². The zero-order valence-corrected chi connectivity index (χ0v) is 15.3. The number of ether oxygens (including phenoxy) is 2. The second kappa shape index (κ2) is 8.36. The highest BCUT2D eigenvalue weighted by Crippen LogP contribution is 2.31. The van der Waals surface area contributed by atoms with E-state index in [1.807, 2.05) is 0 Å². The molecule has 0 radical (unpaired) electrons. The predicted molar refractivity (Wildman–Crippen MR) is 98.7 cm³/mol. The summed E-state index contributed by atoms with van der Waals surface area (Å²) in [5.41, 5.74) is 1.10. The molecule has 9 heteroatoms. The fourth-order valence-electron chi connectivity index (χ4n) is 2.83. The molecule has 0 fully saturated rings. The van der Waals surface area contributed by atoms with Gasteiger partial charge in [-0.1, -0.05) is 30.3 Å². The Morgan fingerprint density at radius 1 is 0.966 bits per heavy atom. The van der Waals surface area contributed by atoms with Gasteiger partial charge < -0.3 is 14.8 Å². The Hall–Kier alpha value is -3.33. The van der Waals surface area contributed by atoms with Crippen LogP contribution < -0.4 is 10.1 Å². The number of alkyl halides is 3. The lowest BCUT2D eigenvalue weighted by atomic mass is 10.0. The number of amides is 2. The summed E-state index contributed by atoms with van der Waals surface area (Å²) in [6, 6.07) is 13.5. The third-order valence-corrected chi connectivity index (χ3v) is 4.11. The largest absolute Gasteiger partial charge is 0.573 e. The molecule has 1 heterocycles. The molecule has 0 bridgehead atoms. The van der Waals surface area contributed by atoms with E-state index >= 15 is 0 Å². The SMILES string of the molecule is COCCN1C(=O)C(Nc2ccc(OC(F)(F)F)cc2)=C(c2ccccc2)C1=O. The smallest absolute Gasteiger partial charge is 0.406 e. The normalized spacial score (nSPS) is 14.6. The molecular formula is C20H17F3N2O4. The van der Waals surface area contributed by atoms with E-state index in [9.17, 15) is 22.8 Å². The van der Waals surface area contributed by atoms with Gasteiger partial charge in [-0.3, -0.25) is 14.5 Å². The molecule has 0 atom stereocenters. The molecule has 0 saturated heterocycles. The number of benzene rings is 2. The quantitative estimate of drug-likeness (QED) is 0.714. The molecular weight excluding hydrogens is 389 g/mol. The van der Waals surface area contributed by atoms with Gasteiger partial charge in [-0.15, -0.1) is 13.2 Å². The first-order valence-electron chi connectivity index (χ1n) is 8.58. The van der Waals surface area contributed by atoms with Crippen molar-refractivity contribution in [2.24, 2.45) is 0 Å². The van der Waals surface area contributed by atoms with Crippen molar-refractivity contribution < 1.29 is 32.2 Å². The van der Waals surface area contributed by atoms with Crippen molar-refractivity contribution in [3.05, 3.63) is 65.9 Å². The molecule has 2 amide bonds. The van der Waals surface area contributed by atoms with E-state index < -0.39 is 23.9 Å². The first-order valence-corrected chi connectivity index (χ1v) is 8.58. The minimum Gasteiger partial charge on any atom is -0.406 e. The molecule has 1 aliphatic rings. The lowest BCUT2D eigenvalue weighted by molar-refractivity contribution is -0.274. The van der Waals surface area contributed by atoms with Crippen molar-refractivity contribution in [2.75, 3.05) is 25.6 Å². The molecule has 3 rings (SSSR count). The number of methoxy groups -OCH3 is 1. The minimum absolute atomic E-state index is 0.0433. The molecule has 6 nitrogen and oxygen atoms in total. The summed E-state index contributed by atoms with van der Waals surface area (Å²) in [6.07, 6.45) is -4.80. The fourth-order valence-corrected chi connectivity index (χ4v) is 2.83. The van der Waals surface area contributed by atoms with Gasteiger partial charge in [0.25, 0.3) is 11.8 Å². The summed E-state index contributed by atoms with van der Waals surface area (Å²) < 4.78 is 45.7. The maximum Gasteiger partial charge on any atom is 0.573 e. The summed E-state index contributed by atoms with van der Waals surface area (Å²) in [6.45, 7) is 0.254. The van der Waals surface area contributed by atoms with Crippen molar-refractivity contribution in [2.45, 2.75) is 6.36 Å². The number of nitrogens with one attached hydrogen (secondary N) is 1. The summed E-state index contributed by atoms with van der Waals surface area (Å²) >= 11 is 0. The van der Waals surface area contributed by atoms with Crippen molar-refractivity contribution in [1.82, 2.24) is 4.90 Å². The average Bonchev–Trinajstić information content (AvgIpc) is 2.91. The first-order chi connectivity index (χ1) is 13.8. The molecule has 0 aromatic heterocycles. The summed E-state index contributed by atoms with van der Waals surface area (Å²) in [5.74, 6) is -1.41. The highest BCUT2D eigenvalue weighted by Gasteiger charge is 2.39. The van der Waals surface area contributed by atoms with Gasteiger partial charge in [0.05, 0.1) is 18.7 Å². The van der Waals surface area contributed by atoms with Crippen LogP contribution in [0.3, 0.4) is 0 Å². The van der Waals surface area contributed by atoms with Gasteiger partial charge in [0, 0.05) is 12.8 Å². The van der Waals surface area contributed by atoms with E-state index in [0.29, 0.717) is 11.3 Å². The van der Waals surface area contributed by atoms with Crippen molar-refractivity contribution in [3.8, 4) is 5.75 Å². The number of halogens is 3. The maximum atomic E-state index is 12.8.